The van der Waals surface area contributed by atoms with Gasteiger partial charge < -0.3 is 25.0 Å². The van der Waals surface area contributed by atoms with Crippen LogP contribution in [0.4, 0.5) is 11.6 Å². The molecule has 40 heavy (non-hydrogen) atoms. The van der Waals surface area contributed by atoms with Crippen molar-refractivity contribution in [2.24, 2.45) is 0 Å². The average Bonchev–Trinajstić information content (AvgIpc) is 3.38. The Morgan fingerprint density at radius 1 is 1.12 bits per heavy atom. The fourth-order valence-corrected chi connectivity index (χ4v) is 5.22. The summed E-state index contributed by atoms with van der Waals surface area (Å²) in [5.41, 5.74) is 4.54. The first-order chi connectivity index (χ1) is 19.2. The number of nitrogens with one attached hydrogen (secondary N) is 2. The Hall–Kier alpha value is -3.93. The Balaban J connectivity index is 1.74. The van der Waals surface area contributed by atoms with Crippen molar-refractivity contribution < 1.29 is 19.1 Å². The van der Waals surface area contributed by atoms with Crippen molar-refractivity contribution in [2.45, 2.75) is 47.6 Å². The number of amides is 2. The fourth-order valence-electron chi connectivity index (χ4n) is 4.64. The molecule has 0 aliphatic carbocycles. The molecule has 2 heterocycles. The van der Waals surface area contributed by atoms with Crippen LogP contribution in [0.3, 0.4) is 0 Å². The number of tetrazole rings is 1. The minimum atomic E-state index is -0.668. The van der Waals surface area contributed by atoms with Crippen LogP contribution < -0.4 is 20.1 Å². The van der Waals surface area contributed by atoms with E-state index in [1.54, 1.807) is 15.6 Å². The second kappa shape index (κ2) is 12.5. The predicted molar refractivity (Wildman–Crippen MR) is 156 cm³/mol. The van der Waals surface area contributed by atoms with E-state index in [9.17, 15) is 9.59 Å². The van der Waals surface area contributed by atoms with Gasteiger partial charge in [0.15, 0.2) is 18.1 Å². The van der Waals surface area contributed by atoms with Crippen LogP contribution in [-0.2, 0) is 9.59 Å². The number of ether oxygens (including phenoxy) is 2. The smallest absolute Gasteiger partial charge is 0.260 e. The van der Waals surface area contributed by atoms with Crippen molar-refractivity contribution in [3.63, 3.8) is 0 Å². The third-order valence-electron chi connectivity index (χ3n) is 6.92. The van der Waals surface area contributed by atoms with Gasteiger partial charge in [0.1, 0.15) is 6.04 Å². The zero-order valence-corrected chi connectivity index (χ0v) is 25.1. The third kappa shape index (κ3) is 5.81. The van der Waals surface area contributed by atoms with Crippen LogP contribution >= 0.6 is 15.9 Å². The van der Waals surface area contributed by atoms with Crippen molar-refractivity contribution >= 4 is 39.4 Å². The monoisotopic (exact) mass is 611 g/mol. The van der Waals surface area contributed by atoms with E-state index < -0.39 is 6.04 Å². The summed E-state index contributed by atoms with van der Waals surface area (Å²) in [6.45, 7) is 12.9. The molecule has 3 aromatic rings. The zero-order valence-electron chi connectivity index (χ0n) is 23.5. The highest BCUT2D eigenvalue weighted by Crippen LogP contribution is 2.43. The maximum absolute atomic E-state index is 13.8. The molecule has 0 saturated heterocycles. The van der Waals surface area contributed by atoms with Gasteiger partial charge in [-0.3, -0.25) is 9.59 Å². The number of hydrogen-bond acceptors (Lipinski definition) is 8. The highest BCUT2D eigenvalue weighted by atomic mass is 79.9. The Morgan fingerprint density at radius 2 is 1.88 bits per heavy atom. The lowest BCUT2D eigenvalue weighted by molar-refractivity contribution is -0.133. The summed E-state index contributed by atoms with van der Waals surface area (Å²) >= 11 is 3.61. The van der Waals surface area contributed by atoms with Crippen LogP contribution in [0.1, 0.15) is 50.4 Å². The van der Waals surface area contributed by atoms with Crippen molar-refractivity contribution in [1.29, 1.82) is 0 Å². The molecule has 0 fully saturated rings. The number of aromatic nitrogens is 4. The minimum Gasteiger partial charge on any atom is -0.490 e. The topological polar surface area (TPSA) is 124 Å². The van der Waals surface area contributed by atoms with Crippen LogP contribution in [0, 0.1) is 13.8 Å². The van der Waals surface area contributed by atoms with Gasteiger partial charge >= 0.3 is 0 Å². The van der Waals surface area contributed by atoms with Gasteiger partial charge in [-0.2, -0.15) is 4.68 Å². The molecule has 1 unspecified atom stereocenters. The van der Waals surface area contributed by atoms with E-state index >= 15 is 0 Å². The number of allylic oxidation sites excluding steroid dienone is 1. The second-order valence-corrected chi connectivity index (χ2v) is 10.2. The van der Waals surface area contributed by atoms with E-state index in [-0.39, 0.29) is 18.4 Å². The second-order valence-electron chi connectivity index (χ2n) is 9.33. The normalized spacial score (nSPS) is 14.3. The number of halogens is 1. The summed E-state index contributed by atoms with van der Waals surface area (Å²) in [6, 6.07) is 8.74. The fraction of sp³-hybridized carbons (Fsp3) is 0.393. The Kier molecular flexibility index (Phi) is 9.08. The number of anilines is 2. The number of carbonyl (C=O) groups excluding carboxylic acids is 2. The van der Waals surface area contributed by atoms with E-state index in [1.165, 1.54) is 0 Å². The van der Waals surface area contributed by atoms with Gasteiger partial charge in [0.05, 0.1) is 16.7 Å². The molecule has 0 radical (unpaired) electrons. The van der Waals surface area contributed by atoms with Gasteiger partial charge in [0.25, 0.3) is 11.8 Å². The first kappa shape index (κ1) is 29.1. The third-order valence-corrected chi connectivity index (χ3v) is 7.50. The molecule has 4 rings (SSSR count). The Labute approximate surface area is 242 Å². The quantitative estimate of drug-likeness (QED) is 0.340. The largest absolute Gasteiger partial charge is 0.490 e. The van der Waals surface area contributed by atoms with Gasteiger partial charge in [0.2, 0.25) is 5.95 Å². The number of likely N-dealkylation sites (N-methyl/N-ethyl adjacent to an activating group) is 1. The SMILES string of the molecule is CCOc1cc(C2C(C(=O)Nc3cccc(C)c3C)=C(C)Nc3nnnn32)cc(Br)c1OCC(=O)N(CC)CC. The van der Waals surface area contributed by atoms with Gasteiger partial charge in [-0.1, -0.05) is 17.2 Å². The van der Waals surface area contributed by atoms with E-state index in [0.29, 0.717) is 58.5 Å². The molecule has 212 valence electrons. The lowest BCUT2D eigenvalue weighted by Gasteiger charge is -2.29. The molecule has 12 heteroatoms. The summed E-state index contributed by atoms with van der Waals surface area (Å²) in [5, 5.41) is 18.3. The first-order valence-corrected chi connectivity index (χ1v) is 14.0. The van der Waals surface area contributed by atoms with E-state index in [1.807, 2.05) is 65.8 Å². The van der Waals surface area contributed by atoms with E-state index in [2.05, 4.69) is 42.1 Å². The van der Waals surface area contributed by atoms with Gasteiger partial charge in [-0.25, -0.2) is 0 Å². The number of hydrogen-bond donors (Lipinski definition) is 2. The number of fused-ring (bicyclic) bond motifs is 1. The van der Waals surface area contributed by atoms with Crippen LogP contribution in [0.15, 0.2) is 46.1 Å². The molecule has 11 nitrogen and oxygen atoms in total. The van der Waals surface area contributed by atoms with Gasteiger partial charge in [-0.05, 0) is 103 Å². The van der Waals surface area contributed by atoms with E-state index in [4.69, 9.17) is 9.47 Å². The number of rotatable bonds is 10. The molecule has 2 aromatic carbocycles. The highest BCUT2D eigenvalue weighted by molar-refractivity contribution is 9.10. The number of aryl methyl sites for hydroxylation is 1. The van der Waals surface area contributed by atoms with Gasteiger partial charge in [-0.15, -0.1) is 0 Å². The number of carbonyl (C=O) groups is 2. The van der Waals surface area contributed by atoms with Crippen LogP contribution in [-0.4, -0.2) is 63.2 Å². The van der Waals surface area contributed by atoms with Crippen LogP contribution in [0.5, 0.6) is 11.5 Å². The molecule has 1 aromatic heterocycles. The standard InChI is InChI=1S/C28H34BrN7O4/c1-7-35(8-2)23(37)15-40-26-20(29)13-19(14-22(26)39-9-3)25-24(18(6)30-28-32-33-34-36(25)28)27(38)31-21-12-10-11-16(4)17(21)5/h10-14,25H,7-9,15H2,1-6H3,(H,31,38)(H,30,32,34). The van der Waals surface area contributed by atoms with Crippen LogP contribution in [0.2, 0.25) is 0 Å². The number of nitrogens with zero attached hydrogens (tertiary/aromatic N) is 5. The van der Waals surface area contributed by atoms with Crippen molar-refractivity contribution in [1.82, 2.24) is 25.1 Å². The maximum Gasteiger partial charge on any atom is 0.260 e. The molecule has 2 amide bonds. The van der Waals surface area contributed by atoms with Crippen LogP contribution in [0.25, 0.3) is 0 Å². The molecule has 0 bridgehead atoms. The van der Waals surface area contributed by atoms with Crippen molar-refractivity contribution in [3.05, 3.63) is 62.8 Å². The lowest BCUT2D eigenvalue weighted by Crippen LogP contribution is -2.34. The summed E-state index contributed by atoms with van der Waals surface area (Å²) in [4.78, 5) is 28.1. The molecule has 1 atom stereocenters. The molecule has 2 N–H and O–H groups in total. The zero-order chi connectivity index (χ0) is 29.0. The minimum absolute atomic E-state index is 0.121. The molecular formula is C28H34BrN7O4. The molecular weight excluding hydrogens is 578 g/mol. The Morgan fingerprint density at radius 3 is 2.58 bits per heavy atom. The summed E-state index contributed by atoms with van der Waals surface area (Å²) < 4.78 is 14.0. The van der Waals surface area contributed by atoms with Crippen molar-refractivity contribution in [3.8, 4) is 11.5 Å². The van der Waals surface area contributed by atoms with E-state index in [0.717, 1.165) is 16.8 Å². The summed E-state index contributed by atoms with van der Waals surface area (Å²) in [5.74, 6) is 0.830. The van der Waals surface area contributed by atoms with Gasteiger partial charge in [0, 0.05) is 24.5 Å². The maximum atomic E-state index is 13.8. The molecule has 1 aliphatic rings. The average molecular weight is 613 g/mol. The first-order valence-electron chi connectivity index (χ1n) is 13.2. The van der Waals surface area contributed by atoms with Crippen molar-refractivity contribution in [2.75, 3.05) is 36.9 Å². The molecule has 1 aliphatic heterocycles. The lowest BCUT2D eigenvalue weighted by atomic mass is 9.94. The summed E-state index contributed by atoms with van der Waals surface area (Å²) in [7, 11) is 0. The predicted octanol–water partition coefficient (Wildman–Crippen LogP) is 4.63. The molecule has 0 spiro atoms. The number of benzene rings is 2. The molecule has 0 saturated carbocycles. The highest BCUT2D eigenvalue weighted by Gasteiger charge is 2.35. The summed E-state index contributed by atoms with van der Waals surface area (Å²) in [6.07, 6.45) is 0. The Bertz CT molecular complexity index is 1450.